The Morgan fingerprint density at radius 1 is 0.946 bits per heavy atom. The Bertz CT molecular complexity index is 1060. The maximum Gasteiger partial charge on any atom is 0.316 e. The van der Waals surface area contributed by atoms with Gasteiger partial charge in [0, 0.05) is 17.9 Å². The van der Waals surface area contributed by atoms with Crippen molar-refractivity contribution in [1.29, 1.82) is 0 Å². The van der Waals surface area contributed by atoms with Crippen molar-refractivity contribution in [1.82, 2.24) is 0 Å². The first-order valence-electron chi connectivity index (χ1n) is 14.7. The molecule has 0 spiro atoms. The first-order chi connectivity index (χ1) is 17.2. The summed E-state index contributed by atoms with van der Waals surface area (Å²) in [6, 6.07) is 0. The van der Waals surface area contributed by atoms with E-state index in [0.29, 0.717) is 30.6 Å². The smallest absolute Gasteiger partial charge is 0.316 e. The van der Waals surface area contributed by atoms with Gasteiger partial charge in [-0.1, -0.05) is 47.1 Å². The molecule has 0 N–H and O–H groups in total. The van der Waals surface area contributed by atoms with Crippen LogP contribution in [-0.2, 0) is 23.9 Å². The molecule has 4 fully saturated rings. The van der Waals surface area contributed by atoms with Crippen LogP contribution in [-0.4, -0.2) is 30.9 Å². The van der Waals surface area contributed by atoms with Crippen molar-refractivity contribution in [2.24, 2.45) is 44.8 Å². The number of hydrogen-bond donors (Lipinski definition) is 0. The quantitative estimate of drug-likeness (QED) is 0.380. The molecule has 4 saturated carbocycles. The van der Waals surface area contributed by atoms with Crippen LogP contribution in [0.2, 0.25) is 0 Å². The lowest BCUT2D eigenvalue weighted by atomic mass is 9.35. The second-order valence-electron chi connectivity index (χ2n) is 14.8. The molecule has 8 atom stereocenters. The molecule has 0 heterocycles. The molecule has 0 bridgehead atoms. The lowest BCUT2D eigenvalue weighted by Gasteiger charge is -2.69. The molecule has 0 aromatic rings. The highest BCUT2D eigenvalue weighted by molar-refractivity contribution is 6.07. The zero-order valence-electron chi connectivity index (χ0n) is 24.4. The van der Waals surface area contributed by atoms with Gasteiger partial charge in [-0.15, -0.1) is 0 Å². The Labute approximate surface area is 223 Å². The van der Waals surface area contributed by atoms with E-state index in [9.17, 15) is 14.4 Å². The van der Waals surface area contributed by atoms with Crippen LogP contribution >= 0.6 is 0 Å². The lowest BCUT2D eigenvalue weighted by molar-refractivity contribution is -0.191. The monoisotopic (exact) mass is 512 g/mol. The first kappa shape index (κ1) is 26.9. The molecule has 0 saturated heterocycles. The molecule has 0 aromatic heterocycles. The van der Waals surface area contributed by atoms with Gasteiger partial charge in [-0.3, -0.25) is 14.4 Å². The first-order valence-corrected chi connectivity index (χ1v) is 14.7. The van der Waals surface area contributed by atoms with Gasteiger partial charge < -0.3 is 9.47 Å². The molecule has 0 aliphatic heterocycles. The third kappa shape index (κ3) is 3.50. The lowest BCUT2D eigenvalue weighted by Crippen LogP contribution is -2.63. The standard InChI is InChI=1S/C32H48O5/c1-19-17-21(37-20(2)33)18-29(5)22(19)11-12-31(7)24(29)10-9-23-25-26(34)28(3,4)13-15-32(25,27(35)36-8)16-14-30(23,31)6/h19,21-22,24H,9-18H2,1-8H3. The number of ketones is 1. The van der Waals surface area contributed by atoms with Crippen LogP contribution in [0.4, 0.5) is 0 Å². The van der Waals surface area contributed by atoms with Gasteiger partial charge in [0.1, 0.15) is 6.10 Å². The van der Waals surface area contributed by atoms with Crippen molar-refractivity contribution < 1.29 is 23.9 Å². The molecular formula is C32H48O5. The van der Waals surface area contributed by atoms with Crippen LogP contribution in [0.15, 0.2) is 11.1 Å². The van der Waals surface area contributed by atoms with Crippen LogP contribution in [0.1, 0.15) is 113 Å². The number of ether oxygens (including phenoxy) is 2. The minimum absolute atomic E-state index is 0.0114. The summed E-state index contributed by atoms with van der Waals surface area (Å²) < 4.78 is 11.2. The van der Waals surface area contributed by atoms with Crippen LogP contribution in [0, 0.1) is 44.8 Å². The van der Waals surface area contributed by atoms with E-state index in [1.54, 1.807) is 0 Å². The summed E-state index contributed by atoms with van der Waals surface area (Å²) in [5.74, 6) is 1.43. The minimum Gasteiger partial charge on any atom is -0.468 e. The topological polar surface area (TPSA) is 69.7 Å². The largest absolute Gasteiger partial charge is 0.468 e. The number of hydrogen-bond acceptors (Lipinski definition) is 5. The van der Waals surface area contributed by atoms with Crippen molar-refractivity contribution in [2.45, 2.75) is 119 Å². The van der Waals surface area contributed by atoms with Gasteiger partial charge in [-0.2, -0.15) is 0 Å². The van der Waals surface area contributed by atoms with Gasteiger partial charge in [0.2, 0.25) is 0 Å². The predicted molar refractivity (Wildman–Crippen MR) is 142 cm³/mol. The number of esters is 2. The van der Waals surface area contributed by atoms with Crippen LogP contribution < -0.4 is 0 Å². The third-order valence-electron chi connectivity index (χ3n) is 12.7. The number of fused-ring (bicyclic) bond motifs is 6. The van der Waals surface area contributed by atoms with Crippen molar-refractivity contribution in [2.75, 3.05) is 7.11 Å². The summed E-state index contributed by atoms with van der Waals surface area (Å²) in [5, 5.41) is 0. The average molecular weight is 513 g/mol. The number of carbonyl (C=O) groups is 3. The van der Waals surface area contributed by atoms with Gasteiger partial charge in [0.15, 0.2) is 5.78 Å². The minimum atomic E-state index is -0.778. The number of allylic oxidation sites excluding steroid dienone is 1. The third-order valence-corrected chi connectivity index (χ3v) is 12.7. The maximum atomic E-state index is 14.1. The Kier molecular flexibility index (Phi) is 6.13. The fourth-order valence-corrected chi connectivity index (χ4v) is 10.7. The fourth-order valence-electron chi connectivity index (χ4n) is 10.7. The molecule has 0 radical (unpaired) electrons. The molecule has 5 rings (SSSR count). The zero-order valence-corrected chi connectivity index (χ0v) is 24.4. The maximum absolute atomic E-state index is 14.1. The van der Waals surface area contributed by atoms with E-state index in [0.717, 1.165) is 50.5 Å². The van der Waals surface area contributed by atoms with E-state index in [2.05, 4.69) is 27.7 Å². The number of methoxy groups -OCH3 is 1. The van der Waals surface area contributed by atoms with E-state index >= 15 is 0 Å². The molecule has 5 aliphatic rings. The van der Waals surface area contributed by atoms with Crippen LogP contribution in [0.25, 0.3) is 0 Å². The molecule has 8 unspecified atom stereocenters. The van der Waals surface area contributed by atoms with Gasteiger partial charge in [-0.05, 0) is 98.2 Å². The van der Waals surface area contributed by atoms with E-state index in [4.69, 9.17) is 9.47 Å². The predicted octanol–water partition coefficient (Wildman–Crippen LogP) is 6.83. The van der Waals surface area contributed by atoms with Gasteiger partial charge in [0.25, 0.3) is 0 Å². The van der Waals surface area contributed by atoms with Gasteiger partial charge in [0.05, 0.1) is 12.5 Å². The van der Waals surface area contributed by atoms with E-state index in [-0.39, 0.29) is 40.1 Å². The zero-order chi connectivity index (χ0) is 27.2. The van der Waals surface area contributed by atoms with Crippen molar-refractivity contribution in [3.05, 3.63) is 11.1 Å². The average Bonchev–Trinajstić information content (AvgIpc) is 2.80. The highest BCUT2D eigenvalue weighted by Crippen LogP contribution is 2.74. The molecule has 206 valence electrons. The molecule has 37 heavy (non-hydrogen) atoms. The highest BCUT2D eigenvalue weighted by atomic mass is 16.5. The summed E-state index contributed by atoms with van der Waals surface area (Å²) >= 11 is 0. The normalized spacial score (nSPS) is 46.6. The molecule has 0 aromatic carbocycles. The SMILES string of the molecule is COC(=O)C12CCC(C)(C)C(=O)C1=C1CCC3C4(C)CC(OC(C)=O)CC(C)C4CCC3(C)C1(C)CC2. The Morgan fingerprint density at radius 2 is 1.62 bits per heavy atom. The molecule has 5 aliphatic carbocycles. The summed E-state index contributed by atoms with van der Waals surface area (Å²) in [6.45, 7) is 15.4. The fraction of sp³-hybridized carbons (Fsp3) is 0.844. The summed E-state index contributed by atoms with van der Waals surface area (Å²) in [7, 11) is 1.47. The van der Waals surface area contributed by atoms with Crippen LogP contribution in [0.5, 0.6) is 0 Å². The van der Waals surface area contributed by atoms with Gasteiger partial charge >= 0.3 is 11.9 Å². The van der Waals surface area contributed by atoms with Gasteiger partial charge in [-0.25, -0.2) is 0 Å². The Balaban J connectivity index is 1.62. The highest BCUT2D eigenvalue weighted by Gasteiger charge is 2.68. The van der Waals surface area contributed by atoms with E-state index < -0.39 is 10.8 Å². The number of carbonyl (C=O) groups excluding carboxylic acids is 3. The Morgan fingerprint density at radius 3 is 2.27 bits per heavy atom. The van der Waals surface area contributed by atoms with Crippen molar-refractivity contribution in [3.8, 4) is 0 Å². The Hall–Kier alpha value is -1.65. The van der Waals surface area contributed by atoms with Crippen molar-refractivity contribution in [3.63, 3.8) is 0 Å². The molecular weight excluding hydrogens is 464 g/mol. The second kappa shape index (κ2) is 8.42. The summed E-state index contributed by atoms with van der Waals surface area (Å²) in [4.78, 5) is 39.4. The number of Topliss-reactive ketones (excluding diaryl/α,β-unsaturated/α-hetero) is 1. The van der Waals surface area contributed by atoms with Crippen molar-refractivity contribution >= 4 is 17.7 Å². The second-order valence-corrected chi connectivity index (χ2v) is 14.8. The van der Waals surface area contributed by atoms with Crippen LogP contribution in [0.3, 0.4) is 0 Å². The molecule has 5 heteroatoms. The van der Waals surface area contributed by atoms with E-state index in [1.165, 1.54) is 26.0 Å². The molecule has 5 nitrogen and oxygen atoms in total. The van der Waals surface area contributed by atoms with E-state index in [1.807, 2.05) is 13.8 Å². The summed E-state index contributed by atoms with van der Waals surface area (Å²) in [6.07, 6.45) is 9.17. The summed E-state index contributed by atoms with van der Waals surface area (Å²) in [5.41, 5.74) is 0.861. The number of rotatable bonds is 2. The molecule has 0 amide bonds.